The summed E-state index contributed by atoms with van der Waals surface area (Å²) >= 11 is 4.31. The molecule has 0 heterocycles. The molecule has 1 aromatic rings. The van der Waals surface area contributed by atoms with Gasteiger partial charge in [-0.25, -0.2) is 13.6 Å². The molecule has 0 amide bonds. The molecule has 120 valence electrons. The first-order valence-corrected chi connectivity index (χ1v) is 5.50. The van der Waals surface area contributed by atoms with Crippen molar-refractivity contribution in [3.8, 4) is 5.75 Å². The predicted octanol–water partition coefficient (Wildman–Crippen LogP) is 2.38. The number of benzene rings is 1. The van der Waals surface area contributed by atoms with Crippen molar-refractivity contribution in [2.45, 2.75) is 5.57 Å². The number of rotatable bonds is 5. The van der Waals surface area contributed by atoms with E-state index in [1.807, 2.05) is 0 Å². The van der Waals surface area contributed by atoms with E-state index in [9.17, 15) is 31.5 Å². The molecule has 0 aromatic heterocycles. The zero-order valence-corrected chi connectivity index (χ0v) is 10.9. The molecule has 5 nitrogen and oxygen atoms in total. The number of aliphatic carboxylic acids is 1. The second-order valence-corrected chi connectivity index (χ2v) is 4.07. The fourth-order valence-electron chi connectivity index (χ4n) is 1.34. The molecule has 0 aliphatic carbocycles. The number of Topliss-reactive ketones (excluding diaryl/α,β-unsaturated/α-hetero) is 1. The third kappa shape index (κ3) is 3.64. The molecule has 0 aliphatic heterocycles. The summed E-state index contributed by atoms with van der Waals surface area (Å²) in [6, 6.07) is -0.0291. The smallest absolute Gasteiger partial charge is 0.477 e. The van der Waals surface area contributed by atoms with Gasteiger partial charge in [-0.1, -0.05) is 0 Å². The second kappa shape index (κ2) is 6.18. The summed E-state index contributed by atoms with van der Waals surface area (Å²) in [5, 5.41) is 8.64. The van der Waals surface area contributed by atoms with Gasteiger partial charge in [0.05, 0.1) is 5.56 Å². The van der Waals surface area contributed by atoms with E-state index in [0.717, 1.165) is 0 Å². The minimum absolute atomic E-state index is 0.0291. The van der Waals surface area contributed by atoms with Crippen molar-refractivity contribution in [3.05, 3.63) is 40.9 Å². The Morgan fingerprint density at radius 2 is 1.82 bits per heavy atom. The van der Waals surface area contributed by atoms with E-state index in [-0.39, 0.29) is 12.3 Å². The van der Waals surface area contributed by atoms with Crippen LogP contribution in [0.3, 0.4) is 0 Å². The highest BCUT2D eigenvalue weighted by atomic mass is 35.5. The van der Waals surface area contributed by atoms with Crippen LogP contribution >= 0.6 is 11.6 Å². The Hall–Kier alpha value is -2.36. The summed E-state index contributed by atoms with van der Waals surface area (Å²) in [5.41, 5.74) is -2.34. The van der Waals surface area contributed by atoms with Crippen LogP contribution in [0.4, 0.5) is 22.0 Å². The molecule has 0 saturated carbocycles. The van der Waals surface area contributed by atoms with Crippen LogP contribution in [-0.4, -0.2) is 22.4 Å². The maximum atomic E-state index is 13.8. The van der Waals surface area contributed by atoms with Crippen LogP contribution in [0.1, 0.15) is 10.4 Å². The monoisotopic (exact) mass is 345 g/mol. The molecule has 0 saturated heterocycles. The Balaban J connectivity index is 3.52. The molecule has 0 fully saturated rings. The quantitative estimate of drug-likeness (QED) is 0.163. The first-order chi connectivity index (χ1) is 9.99. The molecule has 1 rings (SSSR count). The number of ketones is 1. The number of hydrogen-bond donors (Lipinski definition) is 2. The number of halogens is 6. The van der Waals surface area contributed by atoms with E-state index in [1.165, 1.54) is 0 Å². The van der Waals surface area contributed by atoms with E-state index in [2.05, 4.69) is 16.3 Å². The molecule has 0 unspecified atom stereocenters. The minimum atomic E-state index is -4.60. The number of carbonyl (C=O) groups is 2. The Bertz CT molecular complexity index is 671. The zero-order chi connectivity index (χ0) is 17.2. The summed E-state index contributed by atoms with van der Waals surface area (Å²) in [7, 11) is 0. The fraction of sp³-hybridized carbons (Fsp3) is 0.0909. The van der Waals surface area contributed by atoms with Crippen LogP contribution in [0.15, 0.2) is 17.8 Å². The maximum absolute atomic E-state index is 13.8. The molecule has 0 atom stereocenters. The van der Waals surface area contributed by atoms with Gasteiger partial charge in [-0.2, -0.15) is 4.39 Å². The number of carboxylic acids is 1. The molecule has 22 heavy (non-hydrogen) atoms. The lowest BCUT2D eigenvalue weighted by atomic mass is 10.0. The number of carbonyl (C=O) groups excluding carboxylic acids is 1. The fourth-order valence-corrected chi connectivity index (χ4v) is 1.42. The number of nitrogens with two attached hydrogens (primary N) is 1. The summed E-state index contributed by atoms with van der Waals surface area (Å²) in [6.45, 7) is 0. The van der Waals surface area contributed by atoms with E-state index < -0.39 is 51.7 Å². The normalized spacial score (nSPS) is 12.2. The van der Waals surface area contributed by atoms with Gasteiger partial charge in [-0.3, -0.25) is 4.79 Å². The van der Waals surface area contributed by atoms with Crippen molar-refractivity contribution in [1.29, 1.82) is 0 Å². The topological polar surface area (TPSA) is 89.6 Å². The van der Waals surface area contributed by atoms with Crippen LogP contribution in [0, 0.1) is 17.5 Å². The van der Waals surface area contributed by atoms with Crippen LogP contribution in [0.25, 0.3) is 0 Å². The van der Waals surface area contributed by atoms with Crippen molar-refractivity contribution < 1.29 is 41.4 Å². The number of alkyl halides is 3. The molecular formula is C11H5ClF5NO4. The van der Waals surface area contributed by atoms with Gasteiger partial charge in [0.15, 0.2) is 11.6 Å². The second-order valence-electron chi connectivity index (χ2n) is 3.63. The van der Waals surface area contributed by atoms with Crippen molar-refractivity contribution in [3.63, 3.8) is 0 Å². The Morgan fingerprint density at radius 3 is 2.23 bits per heavy atom. The standard InChI is InChI=1S/C11H5ClF5NO4/c12-11(16,17)22-9-6(14)3(1-5(13)7(9)15)8(19)4(2-18)10(20)21/h1-2H,18H2,(H,20,21)/b4-2-. The number of ether oxygens (including phenoxy) is 1. The highest BCUT2D eigenvalue weighted by Crippen LogP contribution is 2.33. The molecule has 0 bridgehead atoms. The minimum Gasteiger partial charge on any atom is -0.477 e. The van der Waals surface area contributed by atoms with Gasteiger partial charge in [0, 0.05) is 17.8 Å². The van der Waals surface area contributed by atoms with Crippen molar-refractivity contribution in [1.82, 2.24) is 0 Å². The molecular weight excluding hydrogens is 341 g/mol. The van der Waals surface area contributed by atoms with Gasteiger partial charge in [0.25, 0.3) is 0 Å². The number of carboxylic acid groups (broad SMARTS) is 1. The highest BCUT2D eigenvalue weighted by Gasteiger charge is 2.35. The lowest BCUT2D eigenvalue weighted by Gasteiger charge is -2.14. The molecule has 0 radical (unpaired) electrons. The van der Waals surface area contributed by atoms with Crippen molar-refractivity contribution >= 4 is 23.4 Å². The predicted molar refractivity (Wildman–Crippen MR) is 62.0 cm³/mol. The largest absolute Gasteiger partial charge is 0.487 e. The van der Waals surface area contributed by atoms with Gasteiger partial charge in [0.2, 0.25) is 17.3 Å². The first kappa shape index (κ1) is 17.7. The molecule has 3 N–H and O–H groups in total. The third-order valence-electron chi connectivity index (χ3n) is 2.22. The lowest BCUT2D eigenvalue weighted by Crippen LogP contribution is -2.21. The lowest BCUT2D eigenvalue weighted by molar-refractivity contribution is -0.132. The molecule has 1 aromatic carbocycles. The average molecular weight is 346 g/mol. The van der Waals surface area contributed by atoms with Crippen molar-refractivity contribution in [2.24, 2.45) is 5.73 Å². The van der Waals surface area contributed by atoms with Crippen LogP contribution in [0.2, 0.25) is 0 Å². The summed E-state index contributed by atoms with van der Waals surface area (Å²) < 4.78 is 68.7. The molecule has 0 spiro atoms. The van der Waals surface area contributed by atoms with Gasteiger partial charge in [-0.15, -0.1) is 8.78 Å². The molecule has 0 aliphatic rings. The SMILES string of the molecule is N/C=C(\C(=O)O)C(=O)c1cc(F)c(F)c(OC(F)(F)Cl)c1F. The van der Waals surface area contributed by atoms with Crippen LogP contribution in [-0.2, 0) is 4.79 Å². The summed E-state index contributed by atoms with van der Waals surface area (Å²) in [6.07, 6.45) is 0.266. The Labute approximate surface area is 123 Å². The average Bonchev–Trinajstić information content (AvgIpc) is 2.38. The molecule has 11 heteroatoms. The maximum Gasteiger partial charge on any atom is 0.487 e. The van der Waals surface area contributed by atoms with Crippen LogP contribution in [0.5, 0.6) is 5.75 Å². The van der Waals surface area contributed by atoms with E-state index >= 15 is 0 Å². The number of hydrogen-bond acceptors (Lipinski definition) is 4. The Kier molecular flexibility index (Phi) is 4.97. The third-order valence-corrected chi connectivity index (χ3v) is 2.30. The summed E-state index contributed by atoms with van der Waals surface area (Å²) in [5.74, 6) is -11.8. The summed E-state index contributed by atoms with van der Waals surface area (Å²) in [4.78, 5) is 22.4. The van der Waals surface area contributed by atoms with Gasteiger partial charge < -0.3 is 15.6 Å². The van der Waals surface area contributed by atoms with E-state index in [0.29, 0.717) is 0 Å². The Morgan fingerprint density at radius 1 is 1.27 bits per heavy atom. The van der Waals surface area contributed by atoms with E-state index in [4.69, 9.17) is 10.8 Å². The van der Waals surface area contributed by atoms with Gasteiger partial charge >= 0.3 is 11.5 Å². The van der Waals surface area contributed by atoms with Crippen molar-refractivity contribution in [2.75, 3.05) is 0 Å². The van der Waals surface area contributed by atoms with Gasteiger partial charge in [0.1, 0.15) is 5.57 Å². The van der Waals surface area contributed by atoms with Crippen LogP contribution < -0.4 is 10.5 Å². The van der Waals surface area contributed by atoms with Gasteiger partial charge in [-0.05, 0) is 6.07 Å². The van der Waals surface area contributed by atoms with E-state index in [1.54, 1.807) is 0 Å². The highest BCUT2D eigenvalue weighted by molar-refractivity contribution is 6.23. The first-order valence-electron chi connectivity index (χ1n) is 5.12. The zero-order valence-electron chi connectivity index (χ0n) is 10.2.